The molecule has 1 aliphatic rings. The van der Waals surface area contributed by atoms with Crippen LogP contribution in [0.5, 0.6) is 0 Å². The highest BCUT2D eigenvalue weighted by molar-refractivity contribution is 6.04. The van der Waals surface area contributed by atoms with Crippen LogP contribution in [-0.2, 0) is 14.3 Å². The van der Waals surface area contributed by atoms with E-state index in [2.05, 4.69) is 18.6 Å². The van der Waals surface area contributed by atoms with E-state index in [1.54, 1.807) is 0 Å². The molecule has 0 aromatic heterocycles. The van der Waals surface area contributed by atoms with Crippen LogP contribution in [0, 0.1) is 0 Å². The third kappa shape index (κ3) is 5.65. The van der Waals surface area contributed by atoms with Gasteiger partial charge >= 0.3 is 11.9 Å². The van der Waals surface area contributed by atoms with Crippen LogP contribution in [0.2, 0.25) is 0 Å². The average Bonchev–Trinajstić information content (AvgIpc) is 2.38. The second-order valence-corrected chi connectivity index (χ2v) is 2.43. The van der Waals surface area contributed by atoms with Gasteiger partial charge in [-0.1, -0.05) is 33.1 Å². The van der Waals surface area contributed by atoms with Crippen LogP contribution in [0.1, 0.15) is 33.1 Å². The Morgan fingerprint density at radius 3 is 1.58 bits per heavy atom. The Morgan fingerprint density at radius 2 is 1.50 bits per heavy atom. The number of carbonyl (C=O) groups is 2. The highest BCUT2D eigenvalue weighted by Crippen LogP contribution is 1.92. The monoisotopic (exact) mass is 170 g/mol. The molecule has 0 fully saturated rings. The van der Waals surface area contributed by atoms with Gasteiger partial charge in [0.05, 0.1) is 0 Å². The van der Waals surface area contributed by atoms with Crippen LogP contribution in [-0.4, -0.2) is 11.9 Å². The summed E-state index contributed by atoms with van der Waals surface area (Å²) in [6.07, 6.45) is 6.25. The number of unbranched alkanes of at least 4 members (excludes halogenated alkanes) is 2. The second-order valence-electron chi connectivity index (χ2n) is 2.43. The van der Waals surface area contributed by atoms with Crippen LogP contribution >= 0.6 is 0 Å². The molecule has 1 heterocycles. The average molecular weight is 170 g/mol. The number of ether oxygens (including phenoxy) is 1. The molecule has 0 N–H and O–H groups in total. The van der Waals surface area contributed by atoms with Crippen molar-refractivity contribution in [1.29, 1.82) is 0 Å². The summed E-state index contributed by atoms with van der Waals surface area (Å²) in [5, 5.41) is 0. The van der Waals surface area contributed by atoms with Gasteiger partial charge in [0, 0.05) is 12.2 Å². The molecular weight excluding hydrogens is 156 g/mol. The highest BCUT2D eigenvalue weighted by atomic mass is 16.6. The van der Waals surface area contributed by atoms with Crippen LogP contribution < -0.4 is 0 Å². The van der Waals surface area contributed by atoms with Gasteiger partial charge in [-0.2, -0.15) is 0 Å². The first-order valence-corrected chi connectivity index (χ1v) is 4.14. The summed E-state index contributed by atoms with van der Waals surface area (Å²) in [5.41, 5.74) is 0. The molecule has 1 rings (SSSR count). The molecule has 1 aliphatic heterocycles. The lowest BCUT2D eigenvalue weighted by Crippen LogP contribution is -1.96. The Balaban J connectivity index is 0.000000217. The number of carbonyl (C=O) groups excluding carboxylic acids is 2. The fourth-order valence-corrected chi connectivity index (χ4v) is 0.657. The summed E-state index contributed by atoms with van der Waals surface area (Å²) in [4.78, 5) is 19.8. The molecule has 0 spiro atoms. The van der Waals surface area contributed by atoms with E-state index < -0.39 is 11.9 Å². The van der Waals surface area contributed by atoms with Crippen molar-refractivity contribution in [2.45, 2.75) is 33.1 Å². The molecule has 0 unspecified atom stereocenters. The minimum atomic E-state index is -0.579. The zero-order valence-electron chi connectivity index (χ0n) is 7.50. The van der Waals surface area contributed by atoms with E-state index in [1.807, 2.05) is 0 Å². The standard InChI is InChI=1S/C5H12.C4H2O3/c1-3-5-4-2;5-3-1-2-4(6)7-3/h3-5H2,1-2H3;1-2H. The van der Waals surface area contributed by atoms with E-state index in [0.29, 0.717) is 0 Å². The Hall–Kier alpha value is -1.12. The van der Waals surface area contributed by atoms with Gasteiger partial charge in [-0.3, -0.25) is 0 Å². The normalized spacial score (nSPS) is 13.8. The van der Waals surface area contributed by atoms with Crippen molar-refractivity contribution in [3.8, 4) is 0 Å². The number of hydrogen-bond acceptors (Lipinski definition) is 3. The summed E-state index contributed by atoms with van der Waals surface area (Å²) in [6, 6.07) is 0. The van der Waals surface area contributed by atoms with Gasteiger partial charge < -0.3 is 4.74 Å². The first kappa shape index (κ1) is 10.9. The molecule has 3 nitrogen and oxygen atoms in total. The Labute approximate surface area is 72.4 Å². The van der Waals surface area contributed by atoms with E-state index in [9.17, 15) is 9.59 Å². The van der Waals surface area contributed by atoms with Crippen molar-refractivity contribution in [3.63, 3.8) is 0 Å². The molecule has 0 aromatic carbocycles. The van der Waals surface area contributed by atoms with E-state index in [1.165, 1.54) is 19.3 Å². The Morgan fingerprint density at radius 1 is 1.08 bits per heavy atom. The van der Waals surface area contributed by atoms with Gasteiger partial charge in [0.25, 0.3) is 0 Å². The second kappa shape index (κ2) is 6.58. The number of esters is 2. The van der Waals surface area contributed by atoms with E-state index in [0.717, 1.165) is 12.2 Å². The summed E-state index contributed by atoms with van der Waals surface area (Å²) in [6.45, 7) is 4.42. The SMILES string of the molecule is CCCCC.O=C1C=CC(=O)O1. The third-order valence-corrected chi connectivity index (χ3v) is 1.26. The van der Waals surface area contributed by atoms with Crippen molar-refractivity contribution in [2.24, 2.45) is 0 Å². The molecular formula is C9H14O3. The third-order valence-electron chi connectivity index (χ3n) is 1.26. The molecule has 12 heavy (non-hydrogen) atoms. The maximum Gasteiger partial charge on any atom is 0.338 e. The largest absolute Gasteiger partial charge is 0.387 e. The Kier molecular flexibility index (Phi) is 5.97. The predicted molar refractivity (Wildman–Crippen MR) is 45.4 cm³/mol. The number of cyclic esters (lactones) is 2. The zero-order valence-corrected chi connectivity index (χ0v) is 7.50. The summed E-state index contributed by atoms with van der Waals surface area (Å²) in [5.74, 6) is -1.16. The molecule has 0 aliphatic carbocycles. The van der Waals surface area contributed by atoms with Gasteiger partial charge in [-0.25, -0.2) is 9.59 Å². The number of hydrogen-bond donors (Lipinski definition) is 0. The smallest absolute Gasteiger partial charge is 0.338 e. The molecule has 0 saturated heterocycles. The summed E-state index contributed by atoms with van der Waals surface area (Å²) < 4.78 is 3.97. The quantitative estimate of drug-likeness (QED) is 0.469. The molecule has 68 valence electrons. The molecule has 0 saturated carbocycles. The fraction of sp³-hybridized carbons (Fsp3) is 0.556. The predicted octanol–water partition coefficient (Wildman–Crippen LogP) is 1.82. The van der Waals surface area contributed by atoms with E-state index >= 15 is 0 Å². The topological polar surface area (TPSA) is 43.4 Å². The van der Waals surface area contributed by atoms with E-state index in [4.69, 9.17) is 0 Å². The van der Waals surface area contributed by atoms with Gasteiger partial charge in [0.1, 0.15) is 0 Å². The van der Waals surface area contributed by atoms with Crippen LogP contribution in [0.15, 0.2) is 12.2 Å². The van der Waals surface area contributed by atoms with Gasteiger partial charge in [-0.05, 0) is 0 Å². The first-order chi connectivity index (χ1) is 5.70. The van der Waals surface area contributed by atoms with Crippen LogP contribution in [0.3, 0.4) is 0 Å². The van der Waals surface area contributed by atoms with Crippen molar-refractivity contribution < 1.29 is 14.3 Å². The molecule has 0 bridgehead atoms. The van der Waals surface area contributed by atoms with Crippen LogP contribution in [0.25, 0.3) is 0 Å². The molecule has 0 aromatic rings. The Bertz CT molecular complexity index is 164. The lowest BCUT2D eigenvalue weighted by atomic mass is 10.3. The summed E-state index contributed by atoms with van der Waals surface area (Å²) >= 11 is 0. The summed E-state index contributed by atoms with van der Waals surface area (Å²) in [7, 11) is 0. The lowest BCUT2D eigenvalue weighted by molar-refractivity contribution is -0.150. The van der Waals surface area contributed by atoms with Gasteiger partial charge in [0.2, 0.25) is 0 Å². The van der Waals surface area contributed by atoms with Gasteiger partial charge in [0.15, 0.2) is 0 Å². The zero-order chi connectivity index (χ0) is 9.40. The van der Waals surface area contributed by atoms with Crippen molar-refractivity contribution in [2.75, 3.05) is 0 Å². The molecule has 0 radical (unpaired) electrons. The van der Waals surface area contributed by atoms with Crippen molar-refractivity contribution in [3.05, 3.63) is 12.2 Å². The van der Waals surface area contributed by atoms with Gasteiger partial charge in [-0.15, -0.1) is 0 Å². The van der Waals surface area contributed by atoms with Crippen LogP contribution in [0.4, 0.5) is 0 Å². The van der Waals surface area contributed by atoms with Crippen molar-refractivity contribution >= 4 is 11.9 Å². The molecule has 0 amide bonds. The maximum atomic E-state index is 9.92. The van der Waals surface area contributed by atoms with Crippen molar-refractivity contribution in [1.82, 2.24) is 0 Å². The molecule has 0 atom stereocenters. The number of rotatable bonds is 2. The lowest BCUT2D eigenvalue weighted by Gasteiger charge is -1.80. The first-order valence-electron chi connectivity index (χ1n) is 4.14. The maximum absolute atomic E-state index is 9.92. The highest BCUT2D eigenvalue weighted by Gasteiger charge is 2.10. The van der Waals surface area contributed by atoms with E-state index in [-0.39, 0.29) is 0 Å². The minimum absolute atomic E-state index is 0.579. The minimum Gasteiger partial charge on any atom is -0.387 e. The molecule has 3 heteroatoms. The fourth-order valence-electron chi connectivity index (χ4n) is 0.657.